The van der Waals surface area contributed by atoms with Gasteiger partial charge in [-0.25, -0.2) is 4.98 Å². The standard InChI is InChI=1S/C15H20ClN3O2/c1-2-3-6-18(7-8-20)11-13-9-15(21)19-10-12(16)4-5-14(19)17-13/h4-5,9-10,20H,2-3,6-8,11H2,1H3. The Balaban J connectivity index is 2.25. The van der Waals surface area contributed by atoms with Gasteiger partial charge in [-0.1, -0.05) is 24.9 Å². The van der Waals surface area contributed by atoms with E-state index in [1.165, 1.54) is 10.5 Å². The molecule has 0 fully saturated rings. The number of pyridine rings is 1. The molecule has 0 aliphatic rings. The van der Waals surface area contributed by atoms with Crippen LogP contribution in [0.3, 0.4) is 0 Å². The molecule has 0 aromatic carbocycles. The average molecular weight is 310 g/mol. The lowest BCUT2D eigenvalue weighted by Crippen LogP contribution is -2.29. The summed E-state index contributed by atoms with van der Waals surface area (Å²) >= 11 is 5.89. The molecule has 6 heteroatoms. The SMILES string of the molecule is CCCCN(CCO)Cc1cc(=O)n2cc(Cl)ccc2n1. The molecule has 0 unspecified atom stereocenters. The summed E-state index contributed by atoms with van der Waals surface area (Å²) in [4.78, 5) is 18.7. The monoisotopic (exact) mass is 309 g/mol. The predicted molar refractivity (Wildman–Crippen MR) is 83.7 cm³/mol. The van der Waals surface area contributed by atoms with Gasteiger partial charge >= 0.3 is 0 Å². The van der Waals surface area contributed by atoms with E-state index in [1.54, 1.807) is 18.3 Å². The van der Waals surface area contributed by atoms with Crippen molar-refractivity contribution in [3.05, 3.63) is 45.5 Å². The van der Waals surface area contributed by atoms with Crippen molar-refractivity contribution in [1.82, 2.24) is 14.3 Å². The van der Waals surface area contributed by atoms with Crippen molar-refractivity contribution in [2.75, 3.05) is 19.7 Å². The van der Waals surface area contributed by atoms with E-state index in [0.717, 1.165) is 19.4 Å². The van der Waals surface area contributed by atoms with Gasteiger partial charge in [-0.2, -0.15) is 0 Å². The van der Waals surface area contributed by atoms with Crippen molar-refractivity contribution in [2.45, 2.75) is 26.3 Å². The van der Waals surface area contributed by atoms with Crippen LogP contribution < -0.4 is 5.56 Å². The summed E-state index contributed by atoms with van der Waals surface area (Å²) in [5, 5.41) is 9.63. The Morgan fingerprint density at radius 1 is 1.38 bits per heavy atom. The van der Waals surface area contributed by atoms with E-state index in [1.807, 2.05) is 0 Å². The second-order valence-corrected chi connectivity index (χ2v) is 5.45. The summed E-state index contributed by atoms with van der Waals surface area (Å²) in [6.45, 7) is 4.27. The third-order valence-corrected chi connectivity index (χ3v) is 3.53. The molecule has 0 spiro atoms. The molecule has 0 radical (unpaired) electrons. The Labute approximate surface area is 128 Å². The Bertz CT molecular complexity index is 657. The third kappa shape index (κ3) is 4.27. The first-order valence-corrected chi connectivity index (χ1v) is 7.53. The van der Waals surface area contributed by atoms with Crippen LogP contribution in [-0.4, -0.2) is 39.1 Å². The van der Waals surface area contributed by atoms with Gasteiger partial charge in [0.2, 0.25) is 0 Å². The van der Waals surface area contributed by atoms with Gasteiger partial charge in [-0.05, 0) is 25.1 Å². The molecule has 0 amide bonds. The highest BCUT2D eigenvalue weighted by atomic mass is 35.5. The van der Waals surface area contributed by atoms with E-state index in [0.29, 0.717) is 29.5 Å². The molecule has 2 rings (SSSR count). The van der Waals surface area contributed by atoms with Crippen LogP contribution in [0.1, 0.15) is 25.5 Å². The molecule has 21 heavy (non-hydrogen) atoms. The highest BCUT2D eigenvalue weighted by Gasteiger charge is 2.08. The normalized spacial score (nSPS) is 11.4. The van der Waals surface area contributed by atoms with Gasteiger partial charge in [0.1, 0.15) is 5.65 Å². The number of aromatic nitrogens is 2. The highest BCUT2D eigenvalue weighted by Crippen LogP contribution is 2.09. The fraction of sp³-hybridized carbons (Fsp3) is 0.467. The minimum absolute atomic E-state index is 0.103. The number of rotatable bonds is 7. The maximum absolute atomic E-state index is 12.1. The maximum Gasteiger partial charge on any atom is 0.258 e. The molecule has 5 nitrogen and oxygen atoms in total. The van der Waals surface area contributed by atoms with Crippen LogP contribution in [0.2, 0.25) is 5.02 Å². The van der Waals surface area contributed by atoms with Crippen LogP contribution in [0.4, 0.5) is 0 Å². The first-order valence-electron chi connectivity index (χ1n) is 7.15. The summed E-state index contributed by atoms with van der Waals surface area (Å²) in [5.41, 5.74) is 1.16. The third-order valence-electron chi connectivity index (χ3n) is 3.31. The van der Waals surface area contributed by atoms with Crippen molar-refractivity contribution in [2.24, 2.45) is 0 Å². The van der Waals surface area contributed by atoms with Crippen LogP contribution in [0.5, 0.6) is 0 Å². The van der Waals surface area contributed by atoms with Gasteiger partial charge < -0.3 is 5.11 Å². The number of aliphatic hydroxyl groups is 1. The van der Waals surface area contributed by atoms with Crippen LogP contribution in [0.15, 0.2) is 29.2 Å². The summed E-state index contributed by atoms with van der Waals surface area (Å²) in [6.07, 6.45) is 3.72. The van der Waals surface area contributed by atoms with Crippen molar-refractivity contribution < 1.29 is 5.11 Å². The fourth-order valence-electron chi connectivity index (χ4n) is 2.23. The van der Waals surface area contributed by atoms with Crippen molar-refractivity contribution in [3.63, 3.8) is 0 Å². The van der Waals surface area contributed by atoms with E-state index in [-0.39, 0.29) is 12.2 Å². The van der Waals surface area contributed by atoms with Crippen LogP contribution in [-0.2, 0) is 6.54 Å². The minimum atomic E-state index is -0.142. The second-order valence-electron chi connectivity index (χ2n) is 5.01. The molecule has 0 aliphatic carbocycles. The van der Waals surface area contributed by atoms with E-state index >= 15 is 0 Å². The van der Waals surface area contributed by atoms with Gasteiger partial charge in [0.15, 0.2) is 0 Å². The number of halogens is 1. The molecular weight excluding hydrogens is 290 g/mol. The zero-order valence-electron chi connectivity index (χ0n) is 12.1. The first kappa shape index (κ1) is 15.9. The summed E-state index contributed by atoms with van der Waals surface area (Å²) in [7, 11) is 0. The largest absolute Gasteiger partial charge is 0.395 e. The van der Waals surface area contributed by atoms with Crippen molar-refractivity contribution >= 4 is 17.2 Å². The highest BCUT2D eigenvalue weighted by molar-refractivity contribution is 6.30. The van der Waals surface area contributed by atoms with Crippen molar-refractivity contribution in [3.8, 4) is 0 Å². The minimum Gasteiger partial charge on any atom is -0.395 e. The Morgan fingerprint density at radius 2 is 2.19 bits per heavy atom. The molecule has 0 atom stereocenters. The van der Waals surface area contributed by atoms with Crippen LogP contribution in [0.25, 0.3) is 5.65 Å². The lowest BCUT2D eigenvalue weighted by Gasteiger charge is -2.20. The number of fused-ring (bicyclic) bond motifs is 1. The van der Waals surface area contributed by atoms with E-state index in [2.05, 4.69) is 16.8 Å². The molecule has 0 saturated heterocycles. The van der Waals surface area contributed by atoms with Gasteiger partial charge in [0.25, 0.3) is 5.56 Å². The zero-order valence-corrected chi connectivity index (χ0v) is 12.9. The van der Waals surface area contributed by atoms with Crippen molar-refractivity contribution in [1.29, 1.82) is 0 Å². The Hall–Kier alpha value is -1.43. The molecule has 2 aromatic rings. The van der Waals surface area contributed by atoms with Gasteiger partial charge in [0, 0.05) is 25.4 Å². The number of unbranched alkanes of at least 4 members (excludes halogenated alkanes) is 1. The average Bonchev–Trinajstić information content (AvgIpc) is 2.46. The maximum atomic E-state index is 12.1. The van der Waals surface area contributed by atoms with Gasteiger partial charge in [0.05, 0.1) is 17.3 Å². The van der Waals surface area contributed by atoms with E-state index in [9.17, 15) is 4.79 Å². The fourth-order valence-corrected chi connectivity index (χ4v) is 2.39. The zero-order chi connectivity index (χ0) is 15.2. The second kappa shape index (κ2) is 7.54. The number of aliphatic hydroxyl groups excluding tert-OH is 1. The molecule has 0 bridgehead atoms. The molecule has 0 saturated carbocycles. The van der Waals surface area contributed by atoms with Gasteiger partial charge in [-0.15, -0.1) is 0 Å². The molecule has 0 aliphatic heterocycles. The van der Waals surface area contributed by atoms with Crippen LogP contribution in [0, 0.1) is 0 Å². The lowest BCUT2D eigenvalue weighted by molar-refractivity contribution is 0.187. The quantitative estimate of drug-likeness (QED) is 0.849. The Morgan fingerprint density at radius 3 is 2.90 bits per heavy atom. The predicted octanol–water partition coefficient (Wildman–Crippen LogP) is 1.94. The summed E-state index contributed by atoms with van der Waals surface area (Å²) in [5.74, 6) is 0. The van der Waals surface area contributed by atoms with E-state index in [4.69, 9.17) is 16.7 Å². The molecule has 1 N–H and O–H groups in total. The number of hydrogen-bond donors (Lipinski definition) is 1. The first-order chi connectivity index (χ1) is 10.1. The molecule has 2 aromatic heterocycles. The summed E-state index contributed by atoms with van der Waals surface area (Å²) < 4.78 is 1.44. The summed E-state index contributed by atoms with van der Waals surface area (Å²) in [6, 6.07) is 4.98. The molecule has 2 heterocycles. The molecular formula is C15H20ClN3O2. The smallest absolute Gasteiger partial charge is 0.258 e. The van der Waals surface area contributed by atoms with Gasteiger partial charge in [-0.3, -0.25) is 14.1 Å². The van der Waals surface area contributed by atoms with E-state index < -0.39 is 0 Å². The topological polar surface area (TPSA) is 57.8 Å². The Kier molecular flexibility index (Phi) is 5.73. The lowest BCUT2D eigenvalue weighted by atomic mass is 10.3. The van der Waals surface area contributed by atoms with Crippen LogP contribution >= 0.6 is 11.6 Å². The number of hydrogen-bond acceptors (Lipinski definition) is 4. The molecule has 114 valence electrons. The number of nitrogens with zero attached hydrogens (tertiary/aromatic N) is 3.